The molecule has 4 N–H and O–H groups in total. The van der Waals surface area contributed by atoms with E-state index in [-0.39, 0.29) is 54.7 Å². The Hall–Kier alpha value is -6.09. The number of unbranched alkanes of at least 4 members (excludes halogenated alkanes) is 1. The number of benzene rings is 3. The molecule has 3 fully saturated rings. The lowest BCUT2D eigenvalue weighted by atomic mass is 9.47. The van der Waals surface area contributed by atoms with Crippen LogP contribution in [0.25, 0.3) is 0 Å². The van der Waals surface area contributed by atoms with Crippen molar-refractivity contribution < 1.29 is 43.1 Å². The number of carbonyl (C=O) groups is 5. The van der Waals surface area contributed by atoms with Gasteiger partial charge < -0.3 is 35.5 Å². The Morgan fingerprint density at radius 3 is 2.22 bits per heavy atom. The van der Waals surface area contributed by atoms with E-state index in [0.29, 0.717) is 49.1 Å². The number of nitrogens with one attached hydrogen (secondary N) is 4. The van der Waals surface area contributed by atoms with Crippen LogP contribution in [0.15, 0.2) is 90.5 Å². The molecule has 0 aliphatic heterocycles. The van der Waals surface area contributed by atoms with Gasteiger partial charge in [0.2, 0.25) is 23.6 Å². The van der Waals surface area contributed by atoms with Gasteiger partial charge in [-0.1, -0.05) is 128 Å². The molecule has 3 aromatic rings. The van der Waals surface area contributed by atoms with Crippen LogP contribution in [0.1, 0.15) is 162 Å². The SMILES string of the molecule is CCCC[C@H](NC(=O)[C@H](Cc1ccccc1)NC(=O)CCC(=O)NCCCOC1CC[C@@]2(C)C(=CC[C@H]3[C@@H]4CC[C@H]([C@H](C)CCCC(C)C)[C@@]4(C)CC[C@@H]32)C1)C(=O)Nc1ccc(COC(=O)Oc2ccc([N+](=O)[O-])cc2)cc1. The van der Waals surface area contributed by atoms with Gasteiger partial charge in [-0.2, -0.15) is 0 Å². The molecule has 0 radical (unpaired) electrons. The van der Waals surface area contributed by atoms with E-state index < -0.39 is 40.9 Å². The van der Waals surface area contributed by atoms with Crippen molar-refractivity contribution in [3.63, 3.8) is 0 Å². The third kappa shape index (κ3) is 16.0. The first-order chi connectivity index (χ1) is 37.4. The van der Waals surface area contributed by atoms with Crippen molar-refractivity contribution in [2.45, 2.75) is 182 Å². The molecule has 0 aromatic heterocycles. The fourth-order valence-electron chi connectivity index (χ4n) is 13.8. The van der Waals surface area contributed by atoms with Crippen molar-refractivity contribution in [2.75, 3.05) is 18.5 Å². The normalized spacial score (nSPS) is 24.4. The molecule has 0 spiro atoms. The Morgan fingerprint density at radius 1 is 0.756 bits per heavy atom. The van der Waals surface area contributed by atoms with Crippen LogP contribution in [0.3, 0.4) is 0 Å². The minimum Gasteiger partial charge on any atom is -0.429 e. The number of non-ortho nitro benzene ring substituents is 1. The number of hydrogen-bond donors (Lipinski definition) is 4. The Labute approximate surface area is 462 Å². The summed E-state index contributed by atoms with van der Waals surface area (Å²) in [6.07, 6.45) is 18.4. The molecule has 4 aliphatic rings. The van der Waals surface area contributed by atoms with Gasteiger partial charge in [-0.3, -0.25) is 29.3 Å². The maximum Gasteiger partial charge on any atom is 0.514 e. The van der Waals surface area contributed by atoms with Gasteiger partial charge in [-0.05, 0) is 146 Å². The van der Waals surface area contributed by atoms with E-state index >= 15 is 0 Å². The summed E-state index contributed by atoms with van der Waals surface area (Å²) in [5.41, 5.74) is 4.09. The summed E-state index contributed by atoms with van der Waals surface area (Å²) in [5.74, 6) is 3.32. The number of nitro groups is 1. The van der Waals surface area contributed by atoms with Gasteiger partial charge in [-0.15, -0.1) is 0 Å². The molecule has 10 atom stereocenters. The molecule has 424 valence electrons. The van der Waals surface area contributed by atoms with Gasteiger partial charge in [0.15, 0.2) is 0 Å². The number of nitrogens with zero attached hydrogens (tertiary/aromatic N) is 1. The van der Waals surface area contributed by atoms with Crippen LogP contribution in [-0.4, -0.2) is 66.0 Å². The van der Waals surface area contributed by atoms with Crippen molar-refractivity contribution >= 4 is 41.2 Å². The summed E-state index contributed by atoms with van der Waals surface area (Å²) >= 11 is 0. The Kier molecular flexibility index (Phi) is 21.5. The molecule has 4 amide bonds. The molecular weight excluding hydrogens is 987 g/mol. The second kappa shape index (κ2) is 28.2. The third-order valence-electron chi connectivity index (χ3n) is 18.1. The van der Waals surface area contributed by atoms with Gasteiger partial charge in [-0.25, -0.2) is 4.79 Å². The second-order valence-electron chi connectivity index (χ2n) is 23.8. The largest absolute Gasteiger partial charge is 0.514 e. The highest BCUT2D eigenvalue weighted by atomic mass is 16.7. The number of carbonyl (C=O) groups excluding carboxylic acids is 5. The number of anilines is 1. The summed E-state index contributed by atoms with van der Waals surface area (Å²) in [7, 11) is 0. The molecule has 3 aromatic carbocycles. The van der Waals surface area contributed by atoms with Crippen molar-refractivity contribution in [1.29, 1.82) is 0 Å². The Bertz CT molecular complexity index is 2520. The van der Waals surface area contributed by atoms with Crippen LogP contribution < -0.4 is 26.0 Å². The van der Waals surface area contributed by atoms with E-state index in [9.17, 15) is 34.1 Å². The van der Waals surface area contributed by atoms with Crippen LogP contribution >= 0.6 is 0 Å². The topological polar surface area (TPSA) is 204 Å². The number of hydrogen-bond acceptors (Lipinski definition) is 10. The number of amides is 4. The highest BCUT2D eigenvalue weighted by Crippen LogP contribution is 2.67. The van der Waals surface area contributed by atoms with Crippen LogP contribution in [0.5, 0.6) is 5.75 Å². The first kappa shape index (κ1) is 59.6. The fraction of sp³-hybridized carbons (Fsp3) is 0.603. The first-order valence-corrected chi connectivity index (χ1v) is 29.2. The number of allylic oxidation sites excluding steroid dienone is 1. The predicted molar refractivity (Wildman–Crippen MR) is 302 cm³/mol. The van der Waals surface area contributed by atoms with E-state index in [4.69, 9.17) is 14.2 Å². The summed E-state index contributed by atoms with van der Waals surface area (Å²) in [6, 6.07) is 18.9. The standard InChI is InChI=1S/C63H87N5O10/c1-7-8-18-55(59(71)65-47-22-19-45(20-23-47)41-77-61(73)78-49-26-24-48(25-27-49)68(74)75)67-60(72)56(39-44-16-10-9-11-17-44)66-58(70)32-31-57(69)64-37-13-38-76-50-33-35-62(5)46(40-50)21-28-51-53-30-29-52(43(4)15-12-14-42(2)3)63(53,6)36-34-54(51)62/h9-11,16-17,19-27,42-43,50-56H,7-8,12-15,18,28-41H2,1-6H3,(H,64,69)(H,65,71)(H,66,70)(H,67,72)/t43-,50?,51+,52-,53+,54+,55+,56+,62+,63-/m1/s1. The monoisotopic (exact) mass is 1070 g/mol. The van der Waals surface area contributed by atoms with Gasteiger partial charge in [0.05, 0.1) is 11.0 Å². The summed E-state index contributed by atoms with van der Waals surface area (Å²) in [6.45, 7) is 15.3. The molecule has 0 bridgehead atoms. The molecule has 4 aliphatic carbocycles. The predicted octanol–water partition coefficient (Wildman–Crippen LogP) is 12.4. The van der Waals surface area contributed by atoms with E-state index in [1.807, 2.05) is 37.3 Å². The molecule has 7 rings (SSSR count). The van der Waals surface area contributed by atoms with Crippen LogP contribution in [0.2, 0.25) is 0 Å². The Balaban J connectivity index is 0.824. The molecular formula is C63H87N5O10. The van der Waals surface area contributed by atoms with E-state index in [0.717, 1.165) is 60.3 Å². The average molecular weight is 1070 g/mol. The van der Waals surface area contributed by atoms with Crippen molar-refractivity contribution in [1.82, 2.24) is 16.0 Å². The molecule has 15 nitrogen and oxygen atoms in total. The van der Waals surface area contributed by atoms with Gasteiger partial charge in [0, 0.05) is 50.2 Å². The average Bonchev–Trinajstić information content (AvgIpc) is 4.01. The number of fused-ring (bicyclic) bond motifs is 5. The van der Waals surface area contributed by atoms with Crippen LogP contribution in [0, 0.1) is 56.5 Å². The quantitative estimate of drug-likeness (QED) is 0.0142. The van der Waals surface area contributed by atoms with Gasteiger partial charge in [0.25, 0.3) is 5.69 Å². The third-order valence-corrected chi connectivity index (χ3v) is 18.1. The number of rotatable bonds is 27. The molecule has 3 saturated carbocycles. The van der Waals surface area contributed by atoms with Crippen molar-refractivity contribution in [3.05, 3.63) is 112 Å². The summed E-state index contributed by atoms with van der Waals surface area (Å²) < 4.78 is 16.7. The van der Waals surface area contributed by atoms with E-state index in [1.54, 1.807) is 29.8 Å². The lowest BCUT2D eigenvalue weighted by molar-refractivity contribution is -0.384. The zero-order valence-electron chi connectivity index (χ0n) is 47.2. The molecule has 15 heteroatoms. The minimum absolute atomic E-state index is 0.0411. The molecule has 0 heterocycles. The summed E-state index contributed by atoms with van der Waals surface area (Å²) in [4.78, 5) is 76.5. The second-order valence-corrected chi connectivity index (χ2v) is 23.8. The maximum absolute atomic E-state index is 14.0. The van der Waals surface area contributed by atoms with Crippen molar-refractivity contribution in [2.24, 2.45) is 46.3 Å². The Morgan fingerprint density at radius 2 is 1.50 bits per heavy atom. The van der Waals surface area contributed by atoms with E-state index in [2.05, 4.69) is 62.0 Å². The molecule has 0 saturated heterocycles. The zero-order valence-corrected chi connectivity index (χ0v) is 47.2. The highest BCUT2D eigenvalue weighted by Gasteiger charge is 2.59. The zero-order chi connectivity index (χ0) is 55.8. The minimum atomic E-state index is -1.01. The fourth-order valence-corrected chi connectivity index (χ4v) is 13.8. The van der Waals surface area contributed by atoms with Gasteiger partial charge in [0.1, 0.15) is 24.4 Å². The first-order valence-electron chi connectivity index (χ1n) is 29.2. The number of ether oxygens (including phenoxy) is 3. The van der Waals surface area contributed by atoms with E-state index in [1.165, 1.54) is 82.1 Å². The lowest BCUT2D eigenvalue weighted by Crippen LogP contribution is -2.53. The van der Waals surface area contributed by atoms with Crippen LogP contribution in [-0.2, 0) is 41.7 Å². The smallest absolute Gasteiger partial charge is 0.429 e. The molecule has 1 unspecified atom stereocenters. The molecule has 78 heavy (non-hydrogen) atoms. The van der Waals surface area contributed by atoms with Gasteiger partial charge >= 0.3 is 6.16 Å². The summed E-state index contributed by atoms with van der Waals surface area (Å²) in [5, 5.41) is 22.4. The maximum atomic E-state index is 14.0. The highest BCUT2D eigenvalue weighted by molar-refractivity contribution is 5.98. The lowest BCUT2D eigenvalue weighted by Gasteiger charge is -2.58. The number of nitro benzene ring substituents is 1. The van der Waals surface area contributed by atoms with Crippen molar-refractivity contribution in [3.8, 4) is 5.75 Å². The van der Waals surface area contributed by atoms with Crippen LogP contribution in [0.4, 0.5) is 16.2 Å².